The molecule has 2 aromatic carbocycles. The van der Waals surface area contributed by atoms with Gasteiger partial charge in [0.15, 0.2) is 0 Å². The minimum Gasteiger partial charge on any atom is -0.379 e. The summed E-state index contributed by atoms with van der Waals surface area (Å²) in [6.45, 7) is 0. The molecular weight excluding hydrogens is 369 g/mol. The molecule has 2 aromatic rings. The van der Waals surface area contributed by atoms with Gasteiger partial charge in [0.25, 0.3) is 0 Å². The smallest absolute Gasteiger partial charge is 0.339 e. The van der Waals surface area contributed by atoms with Gasteiger partial charge in [-0.25, -0.2) is 4.39 Å². The van der Waals surface area contributed by atoms with Gasteiger partial charge in [-0.15, -0.1) is 0 Å². The predicted octanol–water partition coefficient (Wildman–Crippen LogP) is 4.50. The maximum Gasteiger partial charge on any atom is 0.339 e. The monoisotopic (exact) mass is 391 g/mol. The molecule has 3 rings (SSSR count). The molecule has 0 unspecified atom stereocenters. The van der Waals surface area contributed by atoms with Crippen LogP contribution >= 0.6 is 0 Å². The third-order valence-corrected chi connectivity index (χ3v) is 5.92. The number of rotatable bonds is 5. The summed E-state index contributed by atoms with van der Waals surface area (Å²) in [7, 11) is -4.04. The average Bonchev–Trinajstić information content (AvgIpc) is 2.93. The highest BCUT2D eigenvalue weighted by atomic mass is 32.2. The predicted molar refractivity (Wildman–Crippen MR) is 100 cm³/mol. The number of anilines is 1. The average molecular weight is 391 g/mol. The van der Waals surface area contributed by atoms with E-state index in [2.05, 4.69) is 5.32 Å². The lowest BCUT2D eigenvalue weighted by molar-refractivity contribution is -0.120. The van der Waals surface area contributed by atoms with E-state index in [9.17, 15) is 17.6 Å². The number of amides is 1. The Morgan fingerprint density at radius 1 is 0.926 bits per heavy atom. The van der Waals surface area contributed by atoms with Gasteiger partial charge in [-0.3, -0.25) is 4.79 Å². The Bertz CT molecular complexity index is 871. The van der Waals surface area contributed by atoms with Gasteiger partial charge in [0, 0.05) is 11.6 Å². The van der Waals surface area contributed by atoms with Gasteiger partial charge >= 0.3 is 10.1 Å². The van der Waals surface area contributed by atoms with E-state index < -0.39 is 15.9 Å². The molecule has 1 N–H and O–H groups in total. The third-order valence-electron chi connectivity index (χ3n) is 4.66. The molecule has 0 aliphatic heterocycles. The highest BCUT2D eigenvalue weighted by Crippen LogP contribution is 2.25. The number of nitrogens with one attached hydrogen (secondary N) is 1. The molecule has 1 aliphatic rings. The van der Waals surface area contributed by atoms with Gasteiger partial charge in [0.05, 0.1) is 0 Å². The van der Waals surface area contributed by atoms with Crippen LogP contribution in [0.3, 0.4) is 0 Å². The molecule has 1 saturated carbocycles. The Hall–Kier alpha value is -2.41. The van der Waals surface area contributed by atoms with E-state index in [0.717, 1.165) is 49.9 Å². The van der Waals surface area contributed by atoms with Crippen LogP contribution in [0, 0.1) is 11.7 Å². The van der Waals surface area contributed by atoms with Gasteiger partial charge in [-0.05, 0) is 61.4 Å². The molecule has 0 heterocycles. The number of carbonyl (C=O) groups excluding carboxylic acids is 1. The molecular formula is C20H22FNO4S. The summed E-state index contributed by atoms with van der Waals surface area (Å²) in [4.78, 5) is 12.2. The number of halogens is 1. The van der Waals surface area contributed by atoms with E-state index >= 15 is 0 Å². The SMILES string of the molecule is O=C(Nc1ccc(OS(=O)(=O)c2ccc(F)cc2)cc1)C1CCCCCC1. The van der Waals surface area contributed by atoms with Crippen molar-refractivity contribution in [3.63, 3.8) is 0 Å². The summed E-state index contributed by atoms with van der Waals surface area (Å²) in [5.41, 5.74) is 0.593. The largest absolute Gasteiger partial charge is 0.379 e. The summed E-state index contributed by atoms with van der Waals surface area (Å²) < 4.78 is 42.4. The molecule has 5 nitrogen and oxygen atoms in total. The fourth-order valence-electron chi connectivity index (χ4n) is 3.16. The summed E-state index contributed by atoms with van der Waals surface area (Å²) in [6.07, 6.45) is 6.32. The van der Waals surface area contributed by atoms with E-state index in [1.54, 1.807) is 12.1 Å². The summed E-state index contributed by atoms with van der Waals surface area (Å²) in [5, 5.41) is 2.88. The van der Waals surface area contributed by atoms with Crippen LogP contribution in [0.5, 0.6) is 5.75 Å². The maximum atomic E-state index is 12.9. The highest BCUT2D eigenvalue weighted by Gasteiger charge is 2.20. The summed E-state index contributed by atoms with van der Waals surface area (Å²) in [5.74, 6) is -0.374. The van der Waals surface area contributed by atoms with Crippen LogP contribution in [0.2, 0.25) is 0 Å². The lowest BCUT2D eigenvalue weighted by atomic mass is 9.99. The van der Waals surface area contributed by atoms with Crippen molar-refractivity contribution >= 4 is 21.7 Å². The van der Waals surface area contributed by atoms with Crippen molar-refractivity contribution in [3.05, 3.63) is 54.3 Å². The minimum atomic E-state index is -4.04. The van der Waals surface area contributed by atoms with Gasteiger partial charge in [0.1, 0.15) is 16.5 Å². The van der Waals surface area contributed by atoms with Crippen LogP contribution < -0.4 is 9.50 Å². The zero-order chi connectivity index (χ0) is 19.3. The van der Waals surface area contributed by atoms with E-state index in [1.807, 2.05) is 0 Å². The van der Waals surface area contributed by atoms with Crippen LogP contribution in [0.15, 0.2) is 53.4 Å². The Labute approximate surface area is 158 Å². The normalized spacial score (nSPS) is 15.7. The van der Waals surface area contributed by atoms with E-state index in [-0.39, 0.29) is 22.5 Å². The molecule has 0 spiro atoms. The van der Waals surface area contributed by atoms with Gasteiger partial charge in [-0.1, -0.05) is 25.7 Å². The van der Waals surface area contributed by atoms with Gasteiger partial charge in [0.2, 0.25) is 5.91 Å². The fourth-order valence-corrected chi connectivity index (χ4v) is 4.09. The molecule has 1 fully saturated rings. The Balaban J connectivity index is 1.63. The fraction of sp³-hybridized carbons (Fsp3) is 0.350. The van der Waals surface area contributed by atoms with E-state index in [4.69, 9.17) is 4.18 Å². The van der Waals surface area contributed by atoms with Crippen molar-refractivity contribution in [2.24, 2.45) is 5.92 Å². The van der Waals surface area contributed by atoms with Crippen molar-refractivity contribution in [1.29, 1.82) is 0 Å². The number of benzene rings is 2. The summed E-state index contributed by atoms with van der Waals surface area (Å²) >= 11 is 0. The number of hydrogen-bond acceptors (Lipinski definition) is 4. The van der Waals surface area contributed by atoms with Gasteiger partial charge in [-0.2, -0.15) is 8.42 Å². The molecule has 27 heavy (non-hydrogen) atoms. The lowest BCUT2D eigenvalue weighted by Crippen LogP contribution is -2.22. The van der Waals surface area contributed by atoms with E-state index in [1.165, 1.54) is 25.0 Å². The van der Waals surface area contributed by atoms with Crippen molar-refractivity contribution < 1.29 is 21.8 Å². The topological polar surface area (TPSA) is 72.5 Å². The highest BCUT2D eigenvalue weighted by molar-refractivity contribution is 7.87. The quantitative estimate of drug-likeness (QED) is 0.602. The van der Waals surface area contributed by atoms with Crippen molar-refractivity contribution in [1.82, 2.24) is 0 Å². The second-order valence-corrected chi connectivity index (χ2v) is 8.24. The first kappa shape index (κ1) is 19.4. The molecule has 0 bridgehead atoms. The molecule has 0 radical (unpaired) electrons. The maximum absolute atomic E-state index is 12.9. The molecule has 7 heteroatoms. The van der Waals surface area contributed by atoms with Gasteiger partial charge < -0.3 is 9.50 Å². The molecule has 0 saturated heterocycles. The second-order valence-electron chi connectivity index (χ2n) is 6.69. The zero-order valence-corrected chi connectivity index (χ0v) is 15.7. The molecule has 1 aliphatic carbocycles. The van der Waals surface area contributed by atoms with Crippen LogP contribution in [0.1, 0.15) is 38.5 Å². The minimum absolute atomic E-state index is 0.00417. The van der Waals surface area contributed by atoms with Crippen molar-refractivity contribution in [3.8, 4) is 5.75 Å². The number of carbonyl (C=O) groups is 1. The Kier molecular flexibility index (Phi) is 6.11. The molecule has 1 amide bonds. The third kappa shape index (κ3) is 5.29. The summed E-state index contributed by atoms with van der Waals surface area (Å²) in [6, 6.07) is 10.6. The lowest BCUT2D eigenvalue weighted by Gasteiger charge is -2.14. The molecule has 0 atom stereocenters. The first-order valence-electron chi connectivity index (χ1n) is 9.05. The van der Waals surface area contributed by atoms with Crippen molar-refractivity contribution in [2.75, 3.05) is 5.32 Å². The van der Waals surface area contributed by atoms with Crippen molar-refractivity contribution in [2.45, 2.75) is 43.4 Å². The van der Waals surface area contributed by atoms with Crippen LogP contribution in [0.25, 0.3) is 0 Å². The van der Waals surface area contributed by atoms with E-state index in [0.29, 0.717) is 5.69 Å². The van der Waals surface area contributed by atoms with Crippen LogP contribution in [0.4, 0.5) is 10.1 Å². The Morgan fingerprint density at radius 3 is 2.11 bits per heavy atom. The van der Waals surface area contributed by atoms with Crippen LogP contribution in [-0.4, -0.2) is 14.3 Å². The Morgan fingerprint density at radius 2 is 1.52 bits per heavy atom. The first-order chi connectivity index (χ1) is 12.9. The van der Waals surface area contributed by atoms with Crippen LogP contribution in [-0.2, 0) is 14.9 Å². The first-order valence-corrected chi connectivity index (χ1v) is 10.5. The standard InChI is InChI=1S/C20H22FNO4S/c21-16-7-13-19(14-8-16)27(24,25)26-18-11-9-17(10-12-18)22-20(23)15-5-3-1-2-4-6-15/h7-15H,1-6H2,(H,22,23). The molecule has 0 aromatic heterocycles. The zero-order valence-electron chi connectivity index (χ0n) is 14.9. The molecule has 144 valence electrons. The number of hydrogen-bond donors (Lipinski definition) is 1. The second kappa shape index (κ2) is 8.52.